The minimum absolute atomic E-state index is 0.206. The number of amides is 2. The van der Waals surface area contributed by atoms with Crippen LogP contribution in [-0.2, 0) is 9.59 Å². The van der Waals surface area contributed by atoms with Crippen LogP contribution >= 0.6 is 0 Å². The van der Waals surface area contributed by atoms with Crippen molar-refractivity contribution in [1.82, 2.24) is 0 Å². The molecule has 2 rings (SSSR count). The molecular weight excluding hydrogens is 323 g/mol. The van der Waals surface area contributed by atoms with Gasteiger partial charge in [-0.05, 0) is 24.3 Å². The number of rotatable bonds is 4. The molecule has 0 spiro atoms. The molecule has 24 heavy (non-hydrogen) atoms. The molecule has 0 saturated heterocycles. The lowest BCUT2D eigenvalue weighted by atomic mass is 10.2. The third-order valence-electron chi connectivity index (χ3n) is 2.95. The number of nitrogens with zero attached hydrogens (tertiary/aromatic N) is 1. The summed E-state index contributed by atoms with van der Waals surface area (Å²) in [6.45, 7) is 0. The van der Waals surface area contributed by atoms with Crippen LogP contribution in [0.2, 0.25) is 0 Å². The Bertz CT molecular complexity index is 847. The van der Waals surface area contributed by atoms with Crippen LogP contribution in [0.1, 0.15) is 12.0 Å². The van der Waals surface area contributed by atoms with Gasteiger partial charge in [-0.2, -0.15) is 5.26 Å². The zero-order valence-electron chi connectivity index (χ0n) is 12.1. The second-order valence-corrected chi connectivity index (χ2v) is 4.65. The molecular formula is C16H10F3N3O2. The molecule has 2 amide bonds. The van der Waals surface area contributed by atoms with Gasteiger partial charge in [-0.3, -0.25) is 9.59 Å². The van der Waals surface area contributed by atoms with Gasteiger partial charge >= 0.3 is 0 Å². The predicted octanol–water partition coefficient (Wildman–Crippen LogP) is 2.94. The van der Waals surface area contributed by atoms with Crippen molar-refractivity contribution in [3.63, 3.8) is 0 Å². The number of carbonyl (C=O) groups excluding carboxylic acids is 2. The van der Waals surface area contributed by atoms with E-state index in [4.69, 9.17) is 5.26 Å². The van der Waals surface area contributed by atoms with Gasteiger partial charge in [0.1, 0.15) is 12.5 Å². The Morgan fingerprint density at radius 1 is 0.917 bits per heavy atom. The number of hydrogen-bond donors (Lipinski definition) is 2. The van der Waals surface area contributed by atoms with Crippen LogP contribution in [0.15, 0.2) is 36.4 Å². The predicted molar refractivity (Wildman–Crippen MR) is 79.3 cm³/mol. The second kappa shape index (κ2) is 7.28. The monoisotopic (exact) mass is 333 g/mol. The van der Waals surface area contributed by atoms with Crippen LogP contribution in [0.4, 0.5) is 24.5 Å². The fourth-order valence-electron chi connectivity index (χ4n) is 1.85. The fraction of sp³-hybridized carbons (Fsp3) is 0.0625. The highest BCUT2D eigenvalue weighted by Gasteiger charge is 2.17. The van der Waals surface area contributed by atoms with Gasteiger partial charge in [0.05, 0.1) is 16.9 Å². The third-order valence-corrected chi connectivity index (χ3v) is 2.95. The van der Waals surface area contributed by atoms with Gasteiger partial charge in [-0.15, -0.1) is 0 Å². The second-order valence-electron chi connectivity index (χ2n) is 4.65. The van der Waals surface area contributed by atoms with E-state index in [0.29, 0.717) is 6.07 Å². The molecule has 0 fully saturated rings. The molecule has 5 nitrogen and oxygen atoms in total. The van der Waals surface area contributed by atoms with Crippen molar-refractivity contribution < 1.29 is 22.8 Å². The Balaban J connectivity index is 2.01. The summed E-state index contributed by atoms with van der Waals surface area (Å²) < 4.78 is 39.3. The highest BCUT2D eigenvalue weighted by molar-refractivity contribution is 6.08. The number of benzene rings is 2. The van der Waals surface area contributed by atoms with Gasteiger partial charge in [0, 0.05) is 0 Å². The van der Waals surface area contributed by atoms with Crippen LogP contribution in [0, 0.1) is 28.8 Å². The first-order valence-corrected chi connectivity index (χ1v) is 6.64. The van der Waals surface area contributed by atoms with E-state index >= 15 is 0 Å². The zero-order chi connectivity index (χ0) is 17.7. The smallest absolute Gasteiger partial charge is 0.233 e. The Labute approximate surface area is 134 Å². The third kappa shape index (κ3) is 3.89. The first kappa shape index (κ1) is 17.0. The maximum atomic E-state index is 13.4. The van der Waals surface area contributed by atoms with Gasteiger partial charge in [-0.25, -0.2) is 13.2 Å². The van der Waals surface area contributed by atoms with E-state index in [9.17, 15) is 22.8 Å². The molecule has 2 N–H and O–H groups in total. The summed E-state index contributed by atoms with van der Waals surface area (Å²) in [5, 5.41) is 13.2. The summed E-state index contributed by atoms with van der Waals surface area (Å²) in [5.74, 6) is -6.35. The maximum Gasteiger partial charge on any atom is 0.233 e. The van der Waals surface area contributed by atoms with Crippen LogP contribution in [0.25, 0.3) is 0 Å². The van der Waals surface area contributed by atoms with E-state index in [1.807, 2.05) is 11.4 Å². The maximum absolute atomic E-state index is 13.4. The molecule has 0 unspecified atom stereocenters. The number of para-hydroxylation sites is 1. The first-order chi connectivity index (χ1) is 11.4. The molecule has 0 radical (unpaired) electrons. The van der Waals surface area contributed by atoms with Gasteiger partial charge < -0.3 is 10.6 Å². The normalized spacial score (nSPS) is 9.92. The average molecular weight is 333 g/mol. The number of hydrogen-bond acceptors (Lipinski definition) is 3. The standard InChI is InChI=1S/C16H10F3N3O2/c17-10-5-6-12(16(19)15(10)18)22-14(24)7-13(23)21-11-4-2-1-3-9(11)8-20/h1-6H,7H2,(H,21,23)(H,22,24). The number of nitriles is 1. The van der Waals surface area contributed by atoms with Crippen molar-refractivity contribution in [3.05, 3.63) is 59.4 Å². The topological polar surface area (TPSA) is 82.0 Å². The lowest BCUT2D eigenvalue weighted by Gasteiger charge is -2.09. The molecule has 0 atom stereocenters. The number of nitrogens with one attached hydrogen (secondary N) is 2. The summed E-state index contributed by atoms with van der Waals surface area (Å²) in [4.78, 5) is 23.5. The van der Waals surface area contributed by atoms with Gasteiger partial charge in [0.25, 0.3) is 0 Å². The molecule has 0 bridgehead atoms. The minimum Gasteiger partial charge on any atom is -0.324 e. The molecule has 0 aliphatic rings. The molecule has 122 valence electrons. The molecule has 0 heterocycles. The molecule has 0 aliphatic heterocycles. The van der Waals surface area contributed by atoms with Crippen LogP contribution in [-0.4, -0.2) is 11.8 Å². The zero-order valence-corrected chi connectivity index (χ0v) is 12.1. The molecule has 2 aromatic carbocycles. The SMILES string of the molecule is N#Cc1ccccc1NC(=O)CC(=O)Nc1ccc(F)c(F)c1F. The van der Waals surface area contributed by atoms with E-state index in [1.165, 1.54) is 12.1 Å². The van der Waals surface area contributed by atoms with Crippen LogP contribution in [0.3, 0.4) is 0 Å². The molecule has 0 aliphatic carbocycles. The number of halogens is 3. The van der Waals surface area contributed by atoms with Crippen LogP contribution in [0.5, 0.6) is 0 Å². The summed E-state index contributed by atoms with van der Waals surface area (Å²) in [5.41, 5.74) is -0.154. The summed E-state index contributed by atoms with van der Waals surface area (Å²) in [6.07, 6.45) is -0.696. The van der Waals surface area contributed by atoms with Crippen LogP contribution < -0.4 is 10.6 Å². The number of anilines is 2. The molecule has 8 heteroatoms. The number of carbonyl (C=O) groups is 2. The van der Waals surface area contributed by atoms with E-state index in [0.717, 1.165) is 6.07 Å². The molecule has 0 aromatic heterocycles. The Kier molecular flexibility index (Phi) is 5.16. The average Bonchev–Trinajstić information content (AvgIpc) is 2.55. The van der Waals surface area contributed by atoms with Crippen molar-refractivity contribution in [1.29, 1.82) is 5.26 Å². The van der Waals surface area contributed by atoms with E-state index in [1.54, 1.807) is 12.1 Å². The van der Waals surface area contributed by atoms with Gasteiger partial charge in [-0.1, -0.05) is 12.1 Å². The highest BCUT2D eigenvalue weighted by Crippen LogP contribution is 2.20. The lowest BCUT2D eigenvalue weighted by Crippen LogP contribution is -2.22. The first-order valence-electron chi connectivity index (χ1n) is 6.64. The van der Waals surface area contributed by atoms with Crippen molar-refractivity contribution in [2.24, 2.45) is 0 Å². The summed E-state index contributed by atoms with van der Waals surface area (Å²) >= 11 is 0. The highest BCUT2D eigenvalue weighted by atomic mass is 19.2. The Hall–Kier alpha value is -3.34. The fourth-order valence-corrected chi connectivity index (χ4v) is 1.85. The van der Waals surface area contributed by atoms with E-state index in [2.05, 4.69) is 5.32 Å². The largest absolute Gasteiger partial charge is 0.324 e. The van der Waals surface area contributed by atoms with Crippen molar-refractivity contribution in [2.75, 3.05) is 10.6 Å². The van der Waals surface area contributed by atoms with Gasteiger partial charge in [0.2, 0.25) is 11.8 Å². The van der Waals surface area contributed by atoms with Gasteiger partial charge in [0.15, 0.2) is 17.5 Å². The van der Waals surface area contributed by atoms with Crippen molar-refractivity contribution in [2.45, 2.75) is 6.42 Å². The summed E-state index contributed by atoms with van der Waals surface area (Å²) in [6, 6.07) is 9.51. The minimum atomic E-state index is -1.72. The molecule has 0 saturated carbocycles. The lowest BCUT2D eigenvalue weighted by molar-refractivity contribution is -0.123. The quantitative estimate of drug-likeness (QED) is 0.667. The Morgan fingerprint density at radius 3 is 2.21 bits per heavy atom. The van der Waals surface area contributed by atoms with Crippen molar-refractivity contribution in [3.8, 4) is 6.07 Å². The summed E-state index contributed by atoms with van der Waals surface area (Å²) in [7, 11) is 0. The Morgan fingerprint density at radius 2 is 1.54 bits per heavy atom. The van der Waals surface area contributed by atoms with E-state index < -0.39 is 41.4 Å². The molecule has 2 aromatic rings. The van der Waals surface area contributed by atoms with Crippen molar-refractivity contribution >= 4 is 23.2 Å². The van der Waals surface area contributed by atoms with E-state index in [-0.39, 0.29) is 11.3 Å².